The number of hydrogen-bond donors (Lipinski definition) is 1. The van der Waals surface area contributed by atoms with Crippen molar-refractivity contribution in [2.24, 2.45) is 5.92 Å². The van der Waals surface area contributed by atoms with E-state index in [1.54, 1.807) is 24.3 Å². The third-order valence-corrected chi connectivity index (χ3v) is 9.63. The largest absolute Gasteiger partial charge is 0.379 e. The van der Waals surface area contributed by atoms with E-state index in [-0.39, 0.29) is 16.7 Å². The molecule has 2 aliphatic rings. The molecule has 2 saturated heterocycles. The van der Waals surface area contributed by atoms with Crippen molar-refractivity contribution in [2.45, 2.75) is 37.2 Å². The van der Waals surface area contributed by atoms with Crippen molar-refractivity contribution < 1.29 is 17.9 Å². The molecule has 8 heteroatoms. The fourth-order valence-corrected chi connectivity index (χ4v) is 6.82. The number of carbonyl (C=O) groups is 1. The third kappa shape index (κ3) is 5.72. The highest BCUT2D eigenvalue weighted by atomic mass is 32.2. The van der Waals surface area contributed by atoms with Crippen molar-refractivity contribution in [1.82, 2.24) is 14.5 Å². The van der Waals surface area contributed by atoms with Gasteiger partial charge < -0.3 is 10.1 Å². The second-order valence-electron chi connectivity index (χ2n) is 9.93. The standard InChI is InChI=1S/C29H35N3O4S/c1-22(27-8-4-6-24-5-2-3-7-28(24)27)31-15-13-25(14-16-31)29(33)30-21-23-9-11-26(12-10-23)37(34,35)32-17-19-36-20-18-32/h2-12,22,25H,13-21H2,1H3,(H,30,33). The topological polar surface area (TPSA) is 79.0 Å². The molecule has 2 aliphatic heterocycles. The number of nitrogens with zero attached hydrogens (tertiary/aromatic N) is 2. The van der Waals surface area contributed by atoms with Gasteiger partial charge in [-0.15, -0.1) is 0 Å². The van der Waals surface area contributed by atoms with Crippen LogP contribution in [0.2, 0.25) is 0 Å². The van der Waals surface area contributed by atoms with Gasteiger partial charge in [-0.05, 0) is 66.9 Å². The highest BCUT2D eigenvalue weighted by molar-refractivity contribution is 7.89. The predicted octanol–water partition coefficient (Wildman–Crippen LogP) is 3.95. The van der Waals surface area contributed by atoms with Gasteiger partial charge >= 0.3 is 0 Å². The number of hydrogen-bond acceptors (Lipinski definition) is 5. The van der Waals surface area contributed by atoms with Crippen molar-refractivity contribution in [3.63, 3.8) is 0 Å². The highest BCUT2D eigenvalue weighted by Crippen LogP contribution is 2.31. The molecule has 0 spiro atoms. The van der Waals surface area contributed by atoms with Crippen LogP contribution < -0.4 is 5.32 Å². The molecule has 1 unspecified atom stereocenters. The van der Waals surface area contributed by atoms with Crippen LogP contribution in [0, 0.1) is 5.92 Å². The Bertz CT molecular complexity index is 1320. The Morgan fingerprint density at radius 2 is 1.62 bits per heavy atom. The summed E-state index contributed by atoms with van der Waals surface area (Å²) in [5.41, 5.74) is 2.22. The number of sulfonamides is 1. The summed E-state index contributed by atoms with van der Waals surface area (Å²) in [6.07, 6.45) is 1.66. The number of rotatable bonds is 7. The van der Waals surface area contributed by atoms with Gasteiger partial charge in [0.05, 0.1) is 18.1 Å². The maximum atomic E-state index is 12.9. The summed E-state index contributed by atoms with van der Waals surface area (Å²) < 4.78 is 32.3. The fraction of sp³-hybridized carbons (Fsp3) is 0.414. The molecule has 3 aromatic carbocycles. The molecule has 37 heavy (non-hydrogen) atoms. The number of nitrogens with one attached hydrogen (secondary N) is 1. The van der Waals surface area contributed by atoms with Crippen LogP contribution in [0.5, 0.6) is 0 Å². The molecule has 0 saturated carbocycles. The quantitative estimate of drug-likeness (QED) is 0.509. The second-order valence-corrected chi connectivity index (χ2v) is 11.9. The van der Waals surface area contributed by atoms with Gasteiger partial charge in [-0.3, -0.25) is 9.69 Å². The minimum absolute atomic E-state index is 0.00283. The molecule has 2 heterocycles. The Morgan fingerprint density at radius 1 is 0.946 bits per heavy atom. The van der Waals surface area contributed by atoms with Gasteiger partial charge in [0.15, 0.2) is 0 Å². The number of likely N-dealkylation sites (tertiary alicyclic amines) is 1. The molecule has 196 valence electrons. The summed E-state index contributed by atoms with van der Waals surface area (Å²) in [4.78, 5) is 15.6. The van der Waals surface area contributed by atoms with E-state index in [9.17, 15) is 13.2 Å². The Balaban J connectivity index is 1.13. The maximum absolute atomic E-state index is 12.9. The van der Waals surface area contributed by atoms with E-state index < -0.39 is 10.0 Å². The first-order valence-electron chi connectivity index (χ1n) is 13.1. The van der Waals surface area contributed by atoms with Gasteiger partial charge in [-0.25, -0.2) is 8.42 Å². The van der Waals surface area contributed by atoms with Crippen LogP contribution in [0.3, 0.4) is 0 Å². The van der Waals surface area contributed by atoms with Crippen LogP contribution >= 0.6 is 0 Å². The molecule has 1 N–H and O–H groups in total. The average molecular weight is 522 g/mol. The van der Waals surface area contributed by atoms with Gasteiger partial charge in [0.25, 0.3) is 0 Å². The molecule has 3 aromatic rings. The SMILES string of the molecule is CC(c1cccc2ccccc12)N1CCC(C(=O)NCc2ccc(S(=O)(=O)N3CCOCC3)cc2)CC1. The lowest BCUT2D eigenvalue weighted by atomic mass is 9.92. The lowest BCUT2D eigenvalue weighted by molar-refractivity contribution is -0.126. The Labute approximate surface area is 219 Å². The Kier molecular flexibility index (Phi) is 7.90. The van der Waals surface area contributed by atoms with Crippen molar-refractivity contribution in [3.8, 4) is 0 Å². The van der Waals surface area contributed by atoms with E-state index in [4.69, 9.17) is 4.74 Å². The summed E-state index contributed by atoms with van der Waals surface area (Å²) >= 11 is 0. The van der Waals surface area contributed by atoms with E-state index >= 15 is 0 Å². The van der Waals surface area contributed by atoms with Crippen LogP contribution in [-0.2, 0) is 26.1 Å². The van der Waals surface area contributed by atoms with E-state index in [2.05, 4.69) is 59.6 Å². The first-order valence-corrected chi connectivity index (χ1v) is 14.5. The number of carbonyl (C=O) groups excluding carboxylic acids is 1. The number of morpholine rings is 1. The zero-order valence-electron chi connectivity index (χ0n) is 21.3. The fourth-order valence-electron chi connectivity index (χ4n) is 5.41. The van der Waals surface area contributed by atoms with Crippen molar-refractivity contribution in [3.05, 3.63) is 77.9 Å². The van der Waals surface area contributed by atoms with E-state index in [1.165, 1.54) is 20.6 Å². The number of amides is 1. The van der Waals surface area contributed by atoms with E-state index in [1.807, 2.05) is 0 Å². The first kappa shape index (κ1) is 25.9. The smallest absolute Gasteiger partial charge is 0.243 e. The molecule has 0 aromatic heterocycles. The summed E-state index contributed by atoms with van der Waals surface area (Å²) in [6.45, 7) is 6.01. The van der Waals surface area contributed by atoms with Crippen molar-refractivity contribution in [2.75, 3.05) is 39.4 Å². The minimum atomic E-state index is -3.51. The monoisotopic (exact) mass is 521 g/mol. The average Bonchev–Trinajstić information content (AvgIpc) is 2.96. The van der Waals surface area contributed by atoms with Gasteiger partial charge in [0, 0.05) is 31.6 Å². The van der Waals surface area contributed by atoms with Crippen molar-refractivity contribution >= 4 is 26.7 Å². The van der Waals surface area contributed by atoms with E-state index in [0.717, 1.165) is 31.5 Å². The molecule has 2 fully saturated rings. The number of piperidine rings is 1. The lowest BCUT2D eigenvalue weighted by Crippen LogP contribution is -2.41. The molecule has 1 amide bonds. The van der Waals surface area contributed by atoms with Gasteiger partial charge in [0.2, 0.25) is 15.9 Å². The Morgan fingerprint density at radius 3 is 2.35 bits per heavy atom. The molecular weight excluding hydrogens is 486 g/mol. The lowest BCUT2D eigenvalue weighted by Gasteiger charge is -2.36. The molecular formula is C29H35N3O4S. The van der Waals surface area contributed by atoms with E-state index in [0.29, 0.717) is 38.9 Å². The molecule has 0 bridgehead atoms. The second kappa shape index (κ2) is 11.3. The zero-order chi connectivity index (χ0) is 25.8. The minimum Gasteiger partial charge on any atom is -0.379 e. The van der Waals surface area contributed by atoms with Gasteiger partial charge in [0.1, 0.15) is 0 Å². The summed E-state index contributed by atoms with van der Waals surface area (Å²) in [5, 5.41) is 5.61. The van der Waals surface area contributed by atoms with Crippen LogP contribution in [-0.4, -0.2) is 62.9 Å². The predicted molar refractivity (Wildman–Crippen MR) is 145 cm³/mol. The summed E-state index contributed by atoms with van der Waals surface area (Å²) in [5.74, 6) is 0.0689. The summed E-state index contributed by atoms with van der Waals surface area (Å²) in [7, 11) is -3.51. The van der Waals surface area contributed by atoms with Crippen molar-refractivity contribution in [1.29, 1.82) is 0 Å². The number of benzene rings is 3. The number of ether oxygens (including phenoxy) is 1. The van der Waals surface area contributed by atoms with Gasteiger partial charge in [-0.2, -0.15) is 4.31 Å². The molecule has 5 rings (SSSR count). The third-order valence-electron chi connectivity index (χ3n) is 7.72. The van der Waals surface area contributed by atoms with Crippen LogP contribution in [0.15, 0.2) is 71.6 Å². The Hall–Kier alpha value is -2.78. The van der Waals surface area contributed by atoms with Gasteiger partial charge in [-0.1, -0.05) is 54.6 Å². The first-order chi connectivity index (χ1) is 17.9. The number of fused-ring (bicyclic) bond motifs is 1. The highest BCUT2D eigenvalue weighted by Gasteiger charge is 2.29. The molecule has 7 nitrogen and oxygen atoms in total. The van der Waals surface area contributed by atoms with Crippen LogP contribution in [0.1, 0.15) is 36.9 Å². The normalized spacial score (nSPS) is 19.1. The van der Waals surface area contributed by atoms with Crippen LogP contribution in [0.4, 0.5) is 0 Å². The molecule has 0 radical (unpaired) electrons. The zero-order valence-corrected chi connectivity index (χ0v) is 22.1. The maximum Gasteiger partial charge on any atom is 0.243 e. The summed E-state index contributed by atoms with van der Waals surface area (Å²) in [6, 6.07) is 22.1. The molecule has 1 atom stereocenters. The molecule has 0 aliphatic carbocycles. The van der Waals surface area contributed by atoms with Crippen LogP contribution in [0.25, 0.3) is 10.8 Å².